The lowest BCUT2D eigenvalue weighted by atomic mass is 10.0. The maximum Gasteiger partial charge on any atom is 0.230 e. The quantitative estimate of drug-likeness (QED) is 0.415. The molecule has 0 aliphatic rings. The molecule has 0 atom stereocenters. The number of ether oxygens (including phenoxy) is 1. The van der Waals surface area contributed by atoms with Gasteiger partial charge < -0.3 is 15.2 Å². The zero-order valence-corrected chi connectivity index (χ0v) is 17.1. The third-order valence-electron chi connectivity index (χ3n) is 4.58. The second kappa shape index (κ2) is 8.98. The smallest absolute Gasteiger partial charge is 0.230 e. The summed E-state index contributed by atoms with van der Waals surface area (Å²) < 4.78 is 5.97. The molecular weight excluding hydrogens is 404 g/mol. The summed E-state index contributed by atoms with van der Waals surface area (Å²) in [6.07, 6.45) is 0. The van der Waals surface area contributed by atoms with E-state index in [2.05, 4.69) is 21.4 Å². The van der Waals surface area contributed by atoms with Crippen LogP contribution in [0.5, 0.6) is 17.4 Å². The van der Waals surface area contributed by atoms with E-state index < -0.39 is 0 Å². The molecule has 156 valence electrons. The Hall–Kier alpha value is -4.70. The molecule has 0 saturated heterocycles. The number of ketones is 1. The summed E-state index contributed by atoms with van der Waals surface area (Å²) in [5.41, 5.74) is 2.76. The number of aryl methyl sites for hydroxylation is 1. The van der Waals surface area contributed by atoms with E-state index in [0.29, 0.717) is 34.1 Å². The molecule has 3 aromatic carbocycles. The largest absolute Gasteiger partial charge is 0.508 e. The molecule has 1 aromatic heterocycles. The van der Waals surface area contributed by atoms with Crippen LogP contribution in [0.1, 0.15) is 27.2 Å². The van der Waals surface area contributed by atoms with E-state index in [4.69, 9.17) is 10.00 Å². The number of hydrogen-bond acceptors (Lipinski definition) is 7. The maximum atomic E-state index is 13.0. The lowest BCUT2D eigenvalue weighted by Gasteiger charge is -2.12. The van der Waals surface area contributed by atoms with E-state index in [1.807, 2.05) is 6.92 Å². The molecule has 0 bridgehead atoms. The predicted molar refractivity (Wildman–Crippen MR) is 119 cm³/mol. The SMILES string of the molecule is Cc1cc(Oc2ccccc2C(=O)c2ccc(O)cc2)nc(Nc2ccc(C#N)cc2)n1. The Morgan fingerprint density at radius 3 is 2.44 bits per heavy atom. The fraction of sp³-hybridized carbons (Fsp3) is 0.0400. The fourth-order valence-electron chi connectivity index (χ4n) is 3.03. The third-order valence-corrected chi connectivity index (χ3v) is 4.58. The Morgan fingerprint density at radius 2 is 1.72 bits per heavy atom. The van der Waals surface area contributed by atoms with Crippen LogP contribution in [0, 0.1) is 18.3 Å². The average Bonchev–Trinajstić information content (AvgIpc) is 2.80. The summed E-state index contributed by atoms with van der Waals surface area (Å²) in [7, 11) is 0. The minimum Gasteiger partial charge on any atom is -0.508 e. The van der Waals surface area contributed by atoms with Gasteiger partial charge in [-0.3, -0.25) is 4.79 Å². The molecule has 0 spiro atoms. The van der Waals surface area contributed by atoms with Crippen molar-refractivity contribution in [3.05, 3.63) is 101 Å². The van der Waals surface area contributed by atoms with Gasteiger partial charge in [-0.25, -0.2) is 4.98 Å². The van der Waals surface area contributed by atoms with Gasteiger partial charge >= 0.3 is 0 Å². The molecule has 0 fully saturated rings. The van der Waals surface area contributed by atoms with Crippen LogP contribution in [0.3, 0.4) is 0 Å². The van der Waals surface area contributed by atoms with Crippen molar-refractivity contribution in [2.75, 3.05) is 5.32 Å². The molecule has 32 heavy (non-hydrogen) atoms. The van der Waals surface area contributed by atoms with E-state index in [1.54, 1.807) is 66.7 Å². The Labute approximate surface area is 184 Å². The molecule has 4 rings (SSSR count). The van der Waals surface area contributed by atoms with Crippen LogP contribution in [0.15, 0.2) is 78.9 Å². The molecule has 0 saturated carbocycles. The highest BCUT2D eigenvalue weighted by Gasteiger charge is 2.16. The Balaban J connectivity index is 1.60. The van der Waals surface area contributed by atoms with Crippen molar-refractivity contribution in [1.82, 2.24) is 9.97 Å². The standard InChI is InChI=1S/C25H18N4O3/c1-16-14-23(29-25(27-16)28-19-10-6-17(15-26)7-11-19)32-22-5-3-2-4-21(22)24(31)18-8-12-20(30)13-9-18/h2-14,30H,1H3,(H,27,28,29). The van der Waals surface area contributed by atoms with Gasteiger partial charge in [0.1, 0.15) is 11.5 Å². The number of nitrogens with one attached hydrogen (secondary N) is 1. The highest BCUT2D eigenvalue weighted by atomic mass is 16.5. The van der Waals surface area contributed by atoms with Crippen molar-refractivity contribution in [3.8, 4) is 23.4 Å². The Morgan fingerprint density at radius 1 is 1.00 bits per heavy atom. The van der Waals surface area contributed by atoms with Gasteiger partial charge in [0, 0.05) is 23.0 Å². The monoisotopic (exact) mass is 422 g/mol. The summed E-state index contributed by atoms with van der Waals surface area (Å²) in [4.78, 5) is 21.7. The number of phenolic OH excluding ortho intramolecular Hbond substituents is 1. The van der Waals surface area contributed by atoms with Gasteiger partial charge in [0.2, 0.25) is 11.8 Å². The van der Waals surface area contributed by atoms with E-state index in [0.717, 1.165) is 5.69 Å². The minimum atomic E-state index is -0.234. The van der Waals surface area contributed by atoms with Crippen LogP contribution in [0.2, 0.25) is 0 Å². The first-order valence-electron chi connectivity index (χ1n) is 9.75. The Kier molecular flexibility index (Phi) is 5.77. The van der Waals surface area contributed by atoms with Crippen molar-refractivity contribution in [2.45, 2.75) is 6.92 Å². The summed E-state index contributed by atoms with van der Waals surface area (Å²) in [5, 5.41) is 21.5. The molecule has 0 radical (unpaired) electrons. The van der Waals surface area contributed by atoms with Crippen molar-refractivity contribution in [2.24, 2.45) is 0 Å². The summed E-state index contributed by atoms with van der Waals surface area (Å²) in [6, 6.07) is 23.6. The fourth-order valence-corrected chi connectivity index (χ4v) is 3.03. The van der Waals surface area contributed by atoms with E-state index in [1.165, 1.54) is 12.1 Å². The molecule has 2 N–H and O–H groups in total. The zero-order chi connectivity index (χ0) is 22.5. The number of nitriles is 1. The molecule has 0 amide bonds. The second-order valence-electron chi connectivity index (χ2n) is 6.96. The molecule has 4 aromatic rings. The zero-order valence-electron chi connectivity index (χ0n) is 17.1. The summed E-state index contributed by atoms with van der Waals surface area (Å²) in [5.74, 6) is 0.812. The normalized spacial score (nSPS) is 10.2. The lowest BCUT2D eigenvalue weighted by molar-refractivity contribution is 0.103. The first-order chi connectivity index (χ1) is 15.5. The molecule has 0 aliphatic carbocycles. The number of aromatic hydroxyl groups is 1. The number of nitrogens with zero attached hydrogens (tertiary/aromatic N) is 3. The van der Waals surface area contributed by atoms with Gasteiger partial charge in [-0.2, -0.15) is 10.2 Å². The van der Waals surface area contributed by atoms with Crippen molar-refractivity contribution >= 4 is 17.4 Å². The first kappa shape index (κ1) is 20.6. The molecule has 1 heterocycles. The second-order valence-corrected chi connectivity index (χ2v) is 6.96. The van der Waals surface area contributed by atoms with Crippen LogP contribution in [0.4, 0.5) is 11.6 Å². The van der Waals surface area contributed by atoms with E-state index in [9.17, 15) is 9.90 Å². The van der Waals surface area contributed by atoms with Crippen LogP contribution >= 0.6 is 0 Å². The number of benzene rings is 3. The summed E-state index contributed by atoms with van der Waals surface area (Å²) >= 11 is 0. The van der Waals surface area contributed by atoms with Crippen LogP contribution < -0.4 is 10.1 Å². The number of anilines is 2. The van der Waals surface area contributed by atoms with Crippen molar-refractivity contribution < 1.29 is 14.6 Å². The van der Waals surface area contributed by atoms with E-state index in [-0.39, 0.29) is 17.4 Å². The number of carbonyl (C=O) groups excluding carboxylic acids is 1. The Bertz CT molecular complexity index is 1310. The minimum absolute atomic E-state index is 0.0878. The van der Waals surface area contributed by atoms with Crippen LogP contribution in [-0.4, -0.2) is 20.9 Å². The average molecular weight is 422 g/mol. The third kappa shape index (κ3) is 4.71. The van der Waals surface area contributed by atoms with Crippen molar-refractivity contribution in [1.29, 1.82) is 5.26 Å². The number of carbonyl (C=O) groups is 1. The number of aromatic nitrogens is 2. The van der Waals surface area contributed by atoms with Crippen molar-refractivity contribution in [3.63, 3.8) is 0 Å². The lowest BCUT2D eigenvalue weighted by Crippen LogP contribution is -2.05. The molecule has 0 unspecified atom stereocenters. The first-order valence-corrected chi connectivity index (χ1v) is 9.75. The van der Waals surface area contributed by atoms with Gasteiger partial charge in [0.05, 0.1) is 17.2 Å². The van der Waals surface area contributed by atoms with Gasteiger partial charge in [-0.15, -0.1) is 0 Å². The molecular formula is C25H18N4O3. The van der Waals surface area contributed by atoms with Gasteiger partial charge in [0.15, 0.2) is 5.78 Å². The molecule has 7 nitrogen and oxygen atoms in total. The summed E-state index contributed by atoms with van der Waals surface area (Å²) in [6.45, 7) is 1.81. The number of hydrogen-bond donors (Lipinski definition) is 2. The van der Waals surface area contributed by atoms with Gasteiger partial charge in [-0.1, -0.05) is 12.1 Å². The number of rotatable bonds is 6. The molecule has 7 heteroatoms. The maximum absolute atomic E-state index is 13.0. The van der Waals surface area contributed by atoms with E-state index >= 15 is 0 Å². The highest BCUT2D eigenvalue weighted by Crippen LogP contribution is 2.28. The van der Waals surface area contributed by atoms with Gasteiger partial charge in [-0.05, 0) is 67.6 Å². The number of phenols is 1. The number of para-hydroxylation sites is 1. The van der Waals surface area contributed by atoms with Crippen LogP contribution in [0.25, 0.3) is 0 Å². The highest BCUT2D eigenvalue weighted by molar-refractivity contribution is 6.10. The predicted octanol–water partition coefficient (Wildman–Crippen LogP) is 5.13. The van der Waals surface area contributed by atoms with Crippen LogP contribution in [-0.2, 0) is 0 Å². The van der Waals surface area contributed by atoms with Gasteiger partial charge in [0.25, 0.3) is 0 Å². The topological polar surface area (TPSA) is 108 Å². The molecule has 0 aliphatic heterocycles.